The predicted octanol–water partition coefficient (Wildman–Crippen LogP) is -2.03. The quantitative estimate of drug-likeness (QED) is 0.357. The Balaban J connectivity index is 2.54. The van der Waals surface area contributed by atoms with E-state index in [0.29, 0.717) is 6.54 Å². The minimum Gasteiger partial charge on any atom is -0.608 e. The zero-order chi connectivity index (χ0) is 5.98. The number of amides is 1. The van der Waals surface area contributed by atoms with Crippen LogP contribution in [0.1, 0.15) is 0 Å². The van der Waals surface area contributed by atoms with Crippen molar-refractivity contribution in [2.75, 3.05) is 6.54 Å². The summed E-state index contributed by atoms with van der Waals surface area (Å²) in [6.45, 7) is 0.325. The van der Waals surface area contributed by atoms with Crippen molar-refractivity contribution in [2.45, 2.75) is 0 Å². The van der Waals surface area contributed by atoms with Gasteiger partial charge in [0.05, 0.1) is 0 Å². The van der Waals surface area contributed by atoms with Crippen molar-refractivity contribution in [1.82, 2.24) is 5.43 Å². The zero-order valence-corrected chi connectivity index (χ0v) is 4.18. The van der Waals surface area contributed by atoms with Crippen LogP contribution in [0.3, 0.4) is 0 Å². The monoisotopic (exact) mass is 114 g/mol. The van der Waals surface area contributed by atoms with Crippen LogP contribution in [0.5, 0.6) is 0 Å². The van der Waals surface area contributed by atoms with E-state index >= 15 is 0 Å². The van der Waals surface area contributed by atoms with Crippen molar-refractivity contribution in [1.29, 1.82) is 0 Å². The molecule has 1 atom stereocenters. The Kier molecular flexibility index (Phi) is 1.27. The summed E-state index contributed by atoms with van der Waals surface area (Å²) in [5.41, 5.74) is 2.11. The SMILES string of the molecule is O=C1C=CC[NH+]([O-])N1. The maximum absolute atomic E-state index is 10.3. The average Bonchev–Trinajstić information content (AvgIpc) is 1.64. The van der Waals surface area contributed by atoms with Crippen LogP contribution < -0.4 is 10.6 Å². The Bertz CT molecular complexity index is 132. The summed E-state index contributed by atoms with van der Waals surface area (Å²) in [4.78, 5) is 10.3. The van der Waals surface area contributed by atoms with Crippen molar-refractivity contribution in [3.05, 3.63) is 17.4 Å². The lowest BCUT2D eigenvalue weighted by Crippen LogP contribution is -3.15. The predicted molar refractivity (Wildman–Crippen MR) is 26.5 cm³/mol. The first-order valence-corrected chi connectivity index (χ1v) is 2.29. The lowest BCUT2D eigenvalue weighted by atomic mass is 10.4. The van der Waals surface area contributed by atoms with Gasteiger partial charge < -0.3 is 5.21 Å². The fourth-order valence-corrected chi connectivity index (χ4v) is 0.503. The highest BCUT2D eigenvalue weighted by Gasteiger charge is 2.03. The van der Waals surface area contributed by atoms with Crippen LogP contribution >= 0.6 is 0 Å². The number of hydrogen-bond acceptors (Lipinski definition) is 2. The third kappa shape index (κ3) is 1.05. The second-order valence-electron chi connectivity index (χ2n) is 1.52. The molecule has 0 aromatic carbocycles. The van der Waals surface area contributed by atoms with Crippen LogP contribution in [-0.2, 0) is 4.79 Å². The highest BCUT2D eigenvalue weighted by Crippen LogP contribution is 1.70. The third-order valence-electron chi connectivity index (χ3n) is 0.835. The van der Waals surface area contributed by atoms with Crippen LogP contribution in [0, 0.1) is 5.21 Å². The van der Waals surface area contributed by atoms with Gasteiger partial charge in [0.2, 0.25) is 0 Å². The fourth-order valence-electron chi connectivity index (χ4n) is 0.503. The largest absolute Gasteiger partial charge is 0.608 e. The van der Waals surface area contributed by atoms with Crippen LogP contribution in [0.15, 0.2) is 12.2 Å². The van der Waals surface area contributed by atoms with Crippen LogP contribution in [-0.4, -0.2) is 12.5 Å². The summed E-state index contributed by atoms with van der Waals surface area (Å²) >= 11 is 0. The van der Waals surface area contributed by atoms with Gasteiger partial charge in [-0.1, -0.05) is 0 Å². The average molecular weight is 114 g/mol. The molecule has 0 saturated carbocycles. The normalized spacial score (nSPS) is 27.6. The van der Waals surface area contributed by atoms with E-state index in [-0.39, 0.29) is 11.1 Å². The molecule has 4 heteroatoms. The van der Waals surface area contributed by atoms with E-state index in [1.807, 2.05) is 0 Å². The number of carbonyl (C=O) groups is 1. The van der Waals surface area contributed by atoms with E-state index in [0.717, 1.165) is 0 Å². The van der Waals surface area contributed by atoms with Gasteiger partial charge >= 0.3 is 0 Å². The van der Waals surface area contributed by atoms with Crippen molar-refractivity contribution in [2.24, 2.45) is 0 Å². The van der Waals surface area contributed by atoms with Crippen molar-refractivity contribution >= 4 is 5.91 Å². The number of hydroxylamine groups is 1. The van der Waals surface area contributed by atoms with E-state index in [9.17, 15) is 10.0 Å². The van der Waals surface area contributed by atoms with Gasteiger partial charge in [0.15, 0.2) is 0 Å². The molecule has 2 N–H and O–H groups in total. The summed E-state index contributed by atoms with van der Waals surface area (Å²) in [5, 5.41) is 10.1. The molecule has 0 bridgehead atoms. The van der Waals surface area contributed by atoms with Gasteiger partial charge in [-0.05, 0) is 6.08 Å². The molecule has 1 amide bonds. The van der Waals surface area contributed by atoms with Gasteiger partial charge in [0.1, 0.15) is 6.54 Å². The minimum atomic E-state index is -0.318. The Labute approximate surface area is 46.3 Å². The lowest BCUT2D eigenvalue weighted by Gasteiger charge is -2.21. The van der Waals surface area contributed by atoms with E-state index in [1.165, 1.54) is 6.08 Å². The van der Waals surface area contributed by atoms with E-state index in [2.05, 4.69) is 5.43 Å². The molecule has 8 heavy (non-hydrogen) atoms. The van der Waals surface area contributed by atoms with E-state index in [1.54, 1.807) is 6.08 Å². The highest BCUT2D eigenvalue weighted by atomic mass is 16.5. The maximum atomic E-state index is 10.3. The van der Waals surface area contributed by atoms with Crippen LogP contribution in [0.2, 0.25) is 0 Å². The second-order valence-corrected chi connectivity index (χ2v) is 1.52. The maximum Gasteiger partial charge on any atom is 0.288 e. The molecular formula is C4H6N2O2. The van der Waals surface area contributed by atoms with Gasteiger partial charge in [-0.15, -0.1) is 0 Å². The molecule has 0 spiro atoms. The molecule has 0 aromatic heterocycles. The number of quaternary nitrogens is 1. The lowest BCUT2D eigenvalue weighted by molar-refractivity contribution is -0.881. The summed E-state index contributed by atoms with van der Waals surface area (Å²) in [7, 11) is 0. The molecule has 0 radical (unpaired) electrons. The van der Waals surface area contributed by atoms with Gasteiger partial charge in [-0.25, -0.2) is 0 Å². The topological polar surface area (TPSA) is 56.6 Å². The van der Waals surface area contributed by atoms with Gasteiger partial charge in [-0.2, -0.15) is 5.43 Å². The molecule has 1 heterocycles. The summed E-state index contributed by atoms with van der Waals surface area (Å²) in [6.07, 6.45) is 2.89. The molecule has 0 aromatic rings. The first-order chi connectivity index (χ1) is 3.79. The number of hydrogen-bond donors (Lipinski definition) is 2. The first kappa shape index (κ1) is 5.27. The zero-order valence-electron chi connectivity index (χ0n) is 4.18. The molecule has 0 saturated heterocycles. The van der Waals surface area contributed by atoms with Crippen molar-refractivity contribution < 1.29 is 9.97 Å². The van der Waals surface area contributed by atoms with E-state index < -0.39 is 0 Å². The Morgan fingerprint density at radius 1 is 1.88 bits per heavy atom. The summed E-state index contributed by atoms with van der Waals surface area (Å²) in [6, 6.07) is 0. The smallest absolute Gasteiger partial charge is 0.288 e. The Morgan fingerprint density at radius 3 is 3.00 bits per heavy atom. The molecule has 1 aliphatic rings. The number of rotatable bonds is 0. The summed E-state index contributed by atoms with van der Waals surface area (Å²) < 4.78 is 0. The van der Waals surface area contributed by atoms with Crippen LogP contribution in [0.25, 0.3) is 0 Å². The molecule has 4 nitrogen and oxygen atoms in total. The fraction of sp³-hybridized carbons (Fsp3) is 0.250. The van der Waals surface area contributed by atoms with E-state index in [4.69, 9.17) is 0 Å². The molecular weight excluding hydrogens is 108 g/mol. The highest BCUT2D eigenvalue weighted by molar-refractivity contribution is 5.86. The van der Waals surface area contributed by atoms with Gasteiger partial charge in [-0.3, -0.25) is 9.97 Å². The molecule has 0 aliphatic carbocycles. The summed E-state index contributed by atoms with van der Waals surface area (Å²) in [5.74, 6) is -0.318. The van der Waals surface area contributed by atoms with Crippen LogP contribution in [0.4, 0.5) is 0 Å². The Morgan fingerprint density at radius 2 is 2.62 bits per heavy atom. The molecule has 1 aliphatic heterocycles. The first-order valence-electron chi connectivity index (χ1n) is 2.29. The third-order valence-corrected chi connectivity index (χ3v) is 0.835. The number of nitrogens with one attached hydrogen (secondary N) is 2. The molecule has 1 unspecified atom stereocenters. The minimum absolute atomic E-state index is 0.225. The second kappa shape index (κ2) is 1.94. The molecule has 44 valence electrons. The molecule has 1 rings (SSSR count). The van der Waals surface area contributed by atoms with Gasteiger partial charge in [0.25, 0.3) is 5.91 Å². The number of carbonyl (C=O) groups excluding carboxylic acids is 1. The standard InChI is InChI=1S/C4H6N2O2/c7-4-2-1-3-6(8)5-4/h1-2,6H,3H2,(H,5,7). The van der Waals surface area contributed by atoms with Crippen molar-refractivity contribution in [3.8, 4) is 0 Å². The molecule has 0 fully saturated rings. The van der Waals surface area contributed by atoms with Gasteiger partial charge in [0, 0.05) is 6.08 Å². The Hall–Kier alpha value is -0.870. The van der Waals surface area contributed by atoms with Crippen molar-refractivity contribution in [3.63, 3.8) is 0 Å².